The molecule has 0 fully saturated rings. The van der Waals surface area contributed by atoms with E-state index in [4.69, 9.17) is 0 Å². The van der Waals surface area contributed by atoms with Gasteiger partial charge >= 0.3 is 6.03 Å². The van der Waals surface area contributed by atoms with Gasteiger partial charge in [0.05, 0.1) is 6.04 Å². The van der Waals surface area contributed by atoms with E-state index in [0.29, 0.717) is 6.04 Å². The highest BCUT2D eigenvalue weighted by molar-refractivity contribution is 5.96. The molecule has 5 heteroatoms. The first-order chi connectivity index (χ1) is 9.62. The lowest BCUT2D eigenvalue weighted by Gasteiger charge is -2.20. The van der Waals surface area contributed by atoms with Gasteiger partial charge < -0.3 is 10.6 Å². The number of quaternary nitrogens is 1. The number of carbonyl (C=O) groups excluding carboxylic acids is 2. The Bertz CT molecular complexity index is 430. The van der Waals surface area contributed by atoms with Gasteiger partial charge in [-0.2, -0.15) is 0 Å². The molecule has 0 saturated carbocycles. The van der Waals surface area contributed by atoms with Crippen LogP contribution < -0.4 is 16.0 Å². The number of rotatable bonds is 6. The van der Waals surface area contributed by atoms with E-state index < -0.39 is 12.1 Å². The van der Waals surface area contributed by atoms with E-state index in [0.717, 1.165) is 18.4 Å². The van der Waals surface area contributed by atoms with Crippen LogP contribution in [-0.2, 0) is 4.79 Å². The van der Waals surface area contributed by atoms with Gasteiger partial charge in [-0.25, -0.2) is 4.79 Å². The maximum Gasteiger partial charge on any atom is 0.321 e. The number of benzene rings is 1. The summed E-state index contributed by atoms with van der Waals surface area (Å²) >= 11 is 0. The summed E-state index contributed by atoms with van der Waals surface area (Å²) in [6.07, 6.45) is 1.96. The van der Waals surface area contributed by atoms with Gasteiger partial charge in [0.15, 0.2) is 6.04 Å². The zero-order valence-electron chi connectivity index (χ0n) is 12.3. The predicted molar refractivity (Wildman–Crippen MR) is 78.1 cm³/mol. The Morgan fingerprint density at radius 3 is 2.25 bits per heavy atom. The van der Waals surface area contributed by atoms with Crippen molar-refractivity contribution >= 4 is 11.9 Å². The third-order valence-electron chi connectivity index (χ3n) is 3.42. The van der Waals surface area contributed by atoms with Gasteiger partial charge in [0, 0.05) is 12.6 Å². The molecule has 0 aliphatic heterocycles. The summed E-state index contributed by atoms with van der Waals surface area (Å²) in [7, 11) is 1.49. The van der Waals surface area contributed by atoms with E-state index >= 15 is 0 Å². The maximum atomic E-state index is 12.3. The van der Waals surface area contributed by atoms with Crippen LogP contribution in [0, 0.1) is 0 Å². The summed E-state index contributed by atoms with van der Waals surface area (Å²) in [6.45, 7) is 4.20. The molecule has 110 valence electrons. The highest BCUT2D eigenvalue weighted by Crippen LogP contribution is 2.09. The number of hydrogen-bond donors (Lipinski definition) is 3. The van der Waals surface area contributed by atoms with Crippen molar-refractivity contribution in [2.24, 2.45) is 0 Å². The molecule has 0 saturated heterocycles. The lowest BCUT2D eigenvalue weighted by molar-refractivity contribution is -0.716. The van der Waals surface area contributed by atoms with Crippen LogP contribution in [0.5, 0.6) is 0 Å². The van der Waals surface area contributed by atoms with Crippen LogP contribution in [0.2, 0.25) is 0 Å². The first-order valence-electron chi connectivity index (χ1n) is 7.04. The summed E-state index contributed by atoms with van der Waals surface area (Å²) in [5, 5.41) is 6.80. The zero-order chi connectivity index (χ0) is 15.0. The Labute approximate surface area is 120 Å². The fraction of sp³-hybridized carbons (Fsp3) is 0.467. The van der Waals surface area contributed by atoms with Gasteiger partial charge in [-0.15, -0.1) is 0 Å². The van der Waals surface area contributed by atoms with E-state index in [2.05, 4.69) is 24.5 Å². The number of carbonyl (C=O) groups is 2. The summed E-state index contributed by atoms with van der Waals surface area (Å²) in [4.78, 5) is 23.6. The average molecular weight is 278 g/mol. The minimum Gasteiger partial charge on any atom is -0.341 e. The summed E-state index contributed by atoms with van der Waals surface area (Å²) in [5.74, 6) is -0.289. The molecule has 0 heterocycles. The van der Waals surface area contributed by atoms with Crippen molar-refractivity contribution in [2.45, 2.75) is 38.8 Å². The van der Waals surface area contributed by atoms with Crippen LogP contribution in [0.4, 0.5) is 4.79 Å². The minimum atomic E-state index is -0.478. The molecule has 0 aromatic heterocycles. The first kappa shape index (κ1) is 16.2. The van der Waals surface area contributed by atoms with E-state index in [1.165, 1.54) is 7.05 Å². The van der Waals surface area contributed by atoms with Gasteiger partial charge in [-0.1, -0.05) is 44.2 Å². The third kappa shape index (κ3) is 4.66. The van der Waals surface area contributed by atoms with Crippen molar-refractivity contribution < 1.29 is 14.9 Å². The van der Waals surface area contributed by atoms with Crippen molar-refractivity contribution in [1.29, 1.82) is 0 Å². The molecule has 1 aromatic carbocycles. The smallest absolute Gasteiger partial charge is 0.321 e. The zero-order valence-corrected chi connectivity index (χ0v) is 12.3. The summed E-state index contributed by atoms with van der Waals surface area (Å²) in [5.41, 5.74) is 0.904. The minimum absolute atomic E-state index is 0.289. The second kappa shape index (κ2) is 8.32. The van der Waals surface area contributed by atoms with E-state index in [1.54, 1.807) is 0 Å². The molecule has 1 rings (SSSR count). The molecule has 0 spiro atoms. The number of urea groups is 1. The van der Waals surface area contributed by atoms with Crippen LogP contribution in [0.1, 0.15) is 38.3 Å². The Hall–Kier alpha value is -1.88. The molecule has 5 nitrogen and oxygen atoms in total. The van der Waals surface area contributed by atoms with Gasteiger partial charge in [-0.05, 0) is 12.8 Å². The van der Waals surface area contributed by atoms with Crippen LogP contribution in [0.15, 0.2) is 30.3 Å². The molecule has 1 aromatic rings. The third-order valence-corrected chi connectivity index (χ3v) is 3.42. The molecular weight excluding hydrogens is 254 g/mol. The highest BCUT2D eigenvalue weighted by Gasteiger charge is 2.27. The monoisotopic (exact) mass is 278 g/mol. The Kier molecular flexibility index (Phi) is 6.73. The molecule has 3 amide bonds. The second-order valence-electron chi connectivity index (χ2n) is 4.73. The maximum absolute atomic E-state index is 12.3. The normalized spacial score (nSPS) is 12.0. The fourth-order valence-corrected chi connectivity index (χ4v) is 2.10. The number of hydrogen-bond acceptors (Lipinski definition) is 2. The van der Waals surface area contributed by atoms with Crippen LogP contribution in [0.3, 0.4) is 0 Å². The SMILES string of the molecule is CCC(CC)[NH2+][C@H](C(=O)NC(=O)NC)c1ccccc1. The largest absolute Gasteiger partial charge is 0.341 e. The van der Waals surface area contributed by atoms with Crippen molar-refractivity contribution in [3.05, 3.63) is 35.9 Å². The van der Waals surface area contributed by atoms with Crippen LogP contribution >= 0.6 is 0 Å². The second-order valence-corrected chi connectivity index (χ2v) is 4.73. The molecule has 1 atom stereocenters. The molecule has 0 aliphatic carbocycles. The number of amides is 3. The first-order valence-corrected chi connectivity index (χ1v) is 7.04. The van der Waals surface area contributed by atoms with E-state index in [9.17, 15) is 9.59 Å². The molecule has 0 unspecified atom stereocenters. The topological polar surface area (TPSA) is 74.8 Å². The van der Waals surface area contributed by atoms with Crippen molar-refractivity contribution in [1.82, 2.24) is 10.6 Å². The Balaban J connectivity index is 2.89. The van der Waals surface area contributed by atoms with Crippen LogP contribution in [-0.4, -0.2) is 25.0 Å². The van der Waals surface area contributed by atoms with Crippen molar-refractivity contribution in [2.75, 3.05) is 7.05 Å². The molecule has 0 radical (unpaired) electrons. The van der Waals surface area contributed by atoms with Crippen molar-refractivity contribution in [3.8, 4) is 0 Å². The number of nitrogens with two attached hydrogens (primary N) is 1. The quantitative estimate of drug-likeness (QED) is 0.724. The van der Waals surface area contributed by atoms with Gasteiger partial charge in [-0.3, -0.25) is 10.1 Å². The molecular formula is C15H24N3O2+. The molecule has 0 bridgehead atoms. The highest BCUT2D eigenvalue weighted by atomic mass is 16.2. The lowest BCUT2D eigenvalue weighted by atomic mass is 10.0. The molecule has 0 aliphatic rings. The summed E-state index contributed by atoms with van der Waals surface area (Å²) in [6, 6.07) is 9.00. The van der Waals surface area contributed by atoms with Gasteiger partial charge in [0.2, 0.25) is 0 Å². The van der Waals surface area contributed by atoms with Crippen LogP contribution in [0.25, 0.3) is 0 Å². The standard InChI is InChI=1S/C15H23N3O2/c1-4-12(5-2)17-13(11-9-7-6-8-10-11)14(19)18-15(20)16-3/h6-10,12-13,17H,4-5H2,1-3H3,(H2,16,18,19,20)/p+1/t13-/m0/s1. The number of nitrogens with one attached hydrogen (secondary N) is 2. The van der Waals surface area contributed by atoms with E-state index in [-0.39, 0.29) is 5.91 Å². The molecule has 20 heavy (non-hydrogen) atoms. The summed E-state index contributed by atoms with van der Waals surface area (Å²) < 4.78 is 0. The van der Waals surface area contributed by atoms with Crippen molar-refractivity contribution in [3.63, 3.8) is 0 Å². The predicted octanol–water partition coefficient (Wildman–Crippen LogP) is 0.935. The van der Waals surface area contributed by atoms with Gasteiger partial charge in [0.25, 0.3) is 5.91 Å². The number of imide groups is 1. The van der Waals surface area contributed by atoms with Gasteiger partial charge in [0.1, 0.15) is 0 Å². The fourth-order valence-electron chi connectivity index (χ4n) is 2.10. The Morgan fingerprint density at radius 2 is 1.75 bits per heavy atom. The lowest BCUT2D eigenvalue weighted by Crippen LogP contribution is -2.92. The molecule has 4 N–H and O–H groups in total. The van der Waals surface area contributed by atoms with E-state index in [1.807, 2.05) is 35.6 Å². The average Bonchev–Trinajstić information content (AvgIpc) is 2.49. The Morgan fingerprint density at radius 1 is 1.15 bits per heavy atom.